The van der Waals surface area contributed by atoms with Crippen molar-refractivity contribution in [3.05, 3.63) is 106 Å². The van der Waals surface area contributed by atoms with Crippen LogP contribution in [0.2, 0.25) is 15.1 Å². The molecule has 0 atom stereocenters. The van der Waals surface area contributed by atoms with Gasteiger partial charge in [0, 0.05) is 25.5 Å². The third kappa shape index (κ3) is 17.2. The summed E-state index contributed by atoms with van der Waals surface area (Å²) in [6, 6.07) is 31.5. The summed E-state index contributed by atoms with van der Waals surface area (Å²) >= 11 is 9.84. The molecule has 0 aromatic heterocycles. The van der Waals surface area contributed by atoms with E-state index in [0.717, 1.165) is 31.9 Å². The molecule has 0 heterocycles. The van der Waals surface area contributed by atoms with E-state index in [0.29, 0.717) is 0 Å². The van der Waals surface area contributed by atoms with Crippen LogP contribution in [0.1, 0.15) is 71.1 Å². The molecule has 0 saturated heterocycles. The van der Waals surface area contributed by atoms with Gasteiger partial charge in [0.05, 0.1) is 10.9 Å². The van der Waals surface area contributed by atoms with Crippen molar-refractivity contribution in [3.8, 4) is 11.1 Å². The summed E-state index contributed by atoms with van der Waals surface area (Å²) in [7, 11) is -0.269. The van der Waals surface area contributed by atoms with Crippen molar-refractivity contribution in [1.82, 2.24) is 0 Å². The second-order valence-corrected chi connectivity index (χ2v) is 21.3. The van der Waals surface area contributed by atoms with Gasteiger partial charge >= 0.3 is 36.4 Å². The normalized spacial score (nSPS) is 13.1. The SMILES string of the molecule is CCCCCCCCCCCCSc1ccc(-c2ccc([S+](c3ccc(Cl)cc3)c3ccc(Cl)cc3)cc2)c(Cl)c1.[F][Sb-]([F])([F])([F])([F])[F]. The van der Waals surface area contributed by atoms with Gasteiger partial charge in [-0.15, -0.1) is 11.8 Å². The first-order valence-corrected chi connectivity index (χ1v) is 25.0. The van der Waals surface area contributed by atoms with E-state index in [1.54, 1.807) is 0 Å². The Kier molecular flexibility index (Phi) is 15.8. The topological polar surface area (TPSA) is 0 Å². The van der Waals surface area contributed by atoms with E-state index < -0.39 is 19.5 Å². The van der Waals surface area contributed by atoms with Crippen LogP contribution >= 0.6 is 46.6 Å². The number of halogens is 9. The van der Waals surface area contributed by atoms with E-state index in [4.69, 9.17) is 34.8 Å². The summed E-state index contributed by atoms with van der Waals surface area (Å²) in [6.07, 6.45) is 13.7. The molecule has 0 nitrogen and oxygen atoms in total. The van der Waals surface area contributed by atoms with E-state index in [1.807, 2.05) is 36.0 Å². The van der Waals surface area contributed by atoms with E-state index in [1.165, 1.54) is 83.8 Å². The van der Waals surface area contributed by atoms with Crippen LogP contribution in [0.5, 0.6) is 0 Å². The van der Waals surface area contributed by atoms with Crippen molar-refractivity contribution >= 4 is 76.9 Å². The molecule has 48 heavy (non-hydrogen) atoms. The van der Waals surface area contributed by atoms with Gasteiger partial charge in [-0.05, 0) is 103 Å². The number of benzene rings is 4. The first-order chi connectivity index (χ1) is 22.5. The molecular weight excluding hydrogens is 839 g/mol. The number of thioether (sulfide) groups is 1. The zero-order chi connectivity index (χ0) is 35.3. The Morgan fingerprint density at radius 1 is 0.542 bits per heavy atom. The predicted molar refractivity (Wildman–Crippen MR) is 197 cm³/mol. The number of hydrogen-bond donors (Lipinski definition) is 0. The fourth-order valence-corrected chi connectivity index (χ4v) is 8.52. The molecule has 0 spiro atoms. The molecule has 4 aromatic carbocycles. The fourth-order valence-electron chi connectivity index (χ4n) is 4.92. The van der Waals surface area contributed by atoms with E-state index in [-0.39, 0.29) is 10.9 Å². The second kappa shape index (κ2) is 18.4. The number of rotatable bonds is 16. The van der Waals surface area contributed by atoms with Gasteiger partial charge in [0.15, 0.2) is 14.7 Å². The molecule has 0 fully saturated rings. The molecule has 0 amide bonds. The molecule has 4 aromatic rings. The zero-order valence-electron chi connectivity index (χ0n) is 26.6. The summed E-state index contributed by atoms with van der Waals surface area (Å²) in [4.78, 5) is 4.91. The van der Waals surface area contributed by atoms with Crippen LogP contribution in [0.25, 0.3) is 11.1 Å². The molecule has 12 heteroatoms. The van der Waals surface area contributed by atoms with Crippen LogP contribution in [0.4, 0.5) is 16.9 Å². The average molecular weight is 879 g/mol. The van der Waals surface area contributed by atoms with Crippen molar-refractivity contribution in [3.63, 3.8) is 0 Å². The third-order valence-electron chi connectivity index (χ3n) is 7.21. The van der Waals surface area contributed by atoms with Gasteiger partial charge in [-0.2, -0.15) is 0 Å². The molecule has 0 saturated carbocycles. The molecule has 0 radical (unpaired) electrons. The Bertz CT molecular complexity index is 1500. The van der Waals surface area contributed by atoms with Crippen molar-refractivity contribution in [2.24, 2.45) is 0 Å². The van der Waals surface area contributed by atoms with Gasteiger partial charge in [0.25, 0.3) is 0 Å². The maximum absolute atomic E-state index is 11.2. The summed E-state index contributed by atoms with van der Waals surface area (Å²) in [5.41, 5.74) is 2.19. The van der Waals surface area contributed by atoms with Gasteiger partial charge in [0.1, 0.15) is 0 Å². The monoisotopic (exact) mass is 876 g/mol. The van der Waals surface area contributed by atoms with E-state index in [2.05, 4.69) is 73.7 Å². The Labute approximate surface area is 305 Å². The minimum atomic E-state index is -11.2. The first kappa shape index (κ1) is 41.3. The predicted octanol–water partition coefficient (Wildman–Crippen LogP) is 15.6. The fraction of sp³-hybridized carbons (Fsp3) is 0.333. The van der Waals surface area contributed by atoms with Crippen molar-refractivity contribution in [2.75, 3.05) is 5.75 Å². The van der Waals surface area contributed by atoms with Gasteiger partial charge in [0.2, 0.25) is 0 Å². The van der Waals surface area contributed by atoms with Crippen LogP contribution in [0, 0.1) is 0 Å². The van der Waals surface area contributed by atoms with Crippen LogP contribution in [-0.2, 0) is 10.9 Å². The summed E-state index contributed by atoms with van der Waals surface area (Å²) in [5.74, 6) is 1.15. The molecule has 0 aliphatic heterocycles. The van der Waals surface area contributed by atoms with Gasteiger partial charge < -0.3 is 0 Å². The van der Waals surface area contributed by atoms with Crippen LogP contribution < -0.4 is 0 Å². The van der Waals surface area contributed by atoms with Crippen molar-refractivity contribution in [1.29, 1.82) is 0 Å². The minimum absolute atomic E-state index is 0.269. The van der Waals surface area contributed by atoms with Gasteiger partial charge in [-0.3, -0.25) is 0 Å². The Morgan fingerprint density at radius 2 is 0.938 bits per heavy atom. The quantitative estimate of drug-likeness (QED) is 0.0355. The maximum atomic E-state index is 9.93. The molecule has 0 bridgehead atoms. The molecule has 4 rings (SSSR count). The number of hydrogen-bond acceptors (Lipinski definition) is 1. The third-order valence-corrected chi connectivity index (χ3v) is 11.3. The molecule has 0 aliphatic carbocycles. The number of unbranched alkanes of at least 4 members (excludes halogenated alkanes) is 9. The zero-order valence-corrected chi connectivity index (χ0v) is 33.1. The van der Waals surface area contributed by atoms with Crippen molar-refractivity contribution < 1.29 is 16.9 Å². The van der Waals surface area contributed by atoms with Gasteiger partial charge in [-0.1, -0.05) is 106 Å². The van der Waals surface area contributed by atoms with Crippen LogP contribution in [-0.4, -0.2) is 25.2 Å². The summed E-state index contributed by atoms with van der Waals surface area (Å²) in [5, 5.41) is 2.28. The van der Waals surface area contributed by atoms with Crippen molar-refractivity contribution in [2.45, 2.75) is 90.7 Å². The Hall–Kier alpha value is -1.15. The Morgan fingerprint density at radius 3 is 1.35 bits per heavy atom. The van der Waals surface area contributed by atoms with E-state index in [9.17, 15) is 16.9 Å². The summed E-state index contributed by atoms with van der Waals surface area (Å²) < 4.78 is 59.6. The van der Waals surface area contributed by atoms with Crippen LogP contribution in [0.15, 0.2) is 111 Å². The molecule has 264 valence electrons. The summed E-state index contributed by atoms with van der Waals surface area (Å²) in [6.45, 7) is 2.28. The molecule has 0 N–H and O–H groups in total. The molecular formula is C36H40Cl3F6S2Sb. The first-order valence-electron chi connectivity index (χ1n) is 15.8. The van der Waals surface area contributed by atoms with Crippen LogP contribution in [0.3, 0.4) is 0 Å². The Balaban J connectivity index is 0.000000804. The van der Waals surface area contributed by atoms with Gasteiger partial charge in [-0.25, -0.2) is 0 Å². The molecule has 0 unspecified atom stereocenters. The standard InChI is InChI=1S/C36H40Cl3S2.6FH.Sb/c1-2-3-4-5-6-7-8-9-10-11-26-40-31-18-25-35(36(39)27-31)28-12-19-32(20-13-28)41(33-21-14-29(37)15-22-33)34-23-16-30(38)17-24-34;;;;;;;/h12-25,27H,2-11,26H2,1H3;6*1H;/q+1;;;;;;;+5/p-6. The van der Waals surface area contributed by atoms with E-state index >= 15 is 0 Å². The second-order valence-electron chi connectivity index (χ2n) is 11.4. The molecule has 0 aliphatic rings. The average Bonchev–Trinajstić information content (AvgIpc) is 3.01.